The van der Waals surface area contributed by atoms with E-state index < -0.39 is 48.3 Å². The zero-order valence-electron chi connectivity index (χ0n) is 23.0. The molecule has 0 heterocycles. The van der Waals surface area contributed by atoms with Crippen LogP contribution < -0.4 is 0 Å². The molecule has 0 unspecified atom stereocenters. The summed E-state index contributed by atoms with van der Waals surface area (Å²) in [4.78, 5) is 0. The predicted molar refractivity (Wildman–Crippen MR) is 120 cm³/mol. The first-order valence-corrected chi connectivity index (χ1v) is 9.14. The van der Waals surface area contributed by atoms with Crippen LogP contribution in [0.1, 0.15) is 12.3 Å². The molecule has 5 rings (SSSR count). The van der Waals surface area contributed by atoms with Gasteiger partial charge in [-0.2, -0.15) is 0 Å². The minimum Gasteiger partial charge on any atom is -0.0622 e. The molecule has 0 N–H and O–H groups in total. The van der Waals surface area contributed by atoms with Crippen molar-refractivity contribution in [3.8, 4) is 22.3 Å². The Labute approximate surface area is 179 Å². The maximum Gasteiger partial charge on any atom is 0.0629 e. The lowest BCUT2D eigenvalue weighted by atomic mass is 9.88. The molecule has 0 nitrogen and oxygen atoms in total. The SMILES string of the molecule is [2H]c1c([2H])c([2H])c(-c2c([2H])c([2H])c([2H])c([2H])c2-c2c3ccccc3c(Br)c3ccccc23)c([2H])c1[2H]. The molecule has 0 spiro atoms. The van der Waals surface area contributed by atoms with Crippen molar-refractivity contribution < 1.29 is 12.3 Å². The Bertz CT molecular complexity index is 1660. The Kier molecular flexibility index (Phi) is 2.31. The molecule has 5 aromatic rings. The van der Waals surface area contributed by atoms with Gasteiger partial charge >= 0.3 is 0 Å². The minimum atomic E-state index is -0.574. The van der Waals surface area contributed by atoms with E-state index in [1.807, 2.05) is 48.5 Å². The second-order valence-corrected chi connectivity index (χ2v) is 6.82. The largest absolute Gasteiger partial charge is 0.0629 e. The van der Waals surface area contributed by atoms with Crippen LogP contribution in [0, 0.1) is 0 Å². The Morgan fingerprint density at radius 1 is 0.556 bits per heavy atom. The number of benzene rings is 5. The van der Waals surface area contributed by atoms with Gasteiger partial charge in [0, 0.05) is 4.47 Å². The molecule has 0 saturated carbocycles. The fourth-order valence-corrected chi connectivity index (χ4v) is 4.10. The summed E-state index contributed by atoms with van der Waals surface area (Å²) in [5.41, 5.74) is 0.187. The number of rotatable bonds is 2. The van der Waals surface area contributed by atoms with Gasteiger partial charge in [-0.3, -0.25) is 0 Å². The Hall–Kier alpha value is -2.90. The van der Waals surface area contributed by atoms with Gasteiger partial charge in [0.1, 0.15) is 0 Å². The molecule has 0 fully saturated rings. The lowest BCUT2D eigenvalue weighted by Crippen LogP contribution is -1.90. The second-order valence-electron chi connectivity index (χ2n) is 6.03. The maximum absolute atomic E-state index is 8.90. The van der Waals surface area contributed by atoms with Crippen molar-refractivity contribution in [1.82, 2.24) is 0 Å². The topological polar surface area (TPSA) is 0 Å². The van der Waals surface area contributed by atoms with Gasteiger partial charge in [-0.15, -0.1) is 0 Å². The van der Waals surface area contributed by atoms with E-state index in [0.717, 1.165) is 15.2 Å². The first kappa shape index (κ1) is 9.34. The molecule has 5 aromatic carbocycles. The van der Waals surface area contributed by atoms with Crippen LogP contribution >= 0.6 is 15.9 Å². The molecule has 128 valence electrons. The third-order valence-corrected chi connectivity index (χ3v) is 5.41. The molecule has 0 aromatic heterocycles. The summed E-state index contributed by atoms with van der Waals surface area (Å²) in [7, 11) is 0. The van der Waals surface area contributed by atoms with Gasteiger partial charge in [-0.05, 0) is 59.7 Å². The highest BCUT2D eigenvalue weighted by atomic mass is 79.9. The summed E-state index contributed by atoms with van der Waals surface area (Å²) < 4.78 is 76.6. The number of fused-ring (bicyclic) bond motifs is 2. The summed E-state index contributed by atoms with van der Waals surface area (Å²) in [6, 6.07) is 10.2. The van der Waals surface area contributed by atoms with Crippen molar-refractivity contribution in [2.75, 3.05) is 0 Å². The van der Waals surface area contributed by atoms with Crippen molar-refractivity contribution in [2.24, 2.45) is 0 Å². The van der Waals surface area contributed by atoms with E-state index in [1.165, 1.54) is 0 Å². The van der Waals surface area contributed by atoms with E-state index in [4.69, 9.17) is 12.3 Å². The van der Waals surface area contributed by atoms with Crippen LogP contribution in [0.3, 0.4) is 0 Å². The molecule has 0 aliphatic heterocycles. The zero-order valence-corrected chi connectivity index (χ0v) is 15.6. The van der Waals surface area contributed by atoms with Gasteiger partial charge in [-0.1, -0.05) is 103 Å². The van der Waals surface area contributed by atoms with Crippen molar-refractivity contribution in [2.45, 2.75) is 0 Å². The fraction of sp³-hybridized carbons (Fsp3) is 0. The highest BCUT2D eigenvalue weighted by Crippen LogP contribution is 2.44. The Balaban J connectivity index is 2.11. The smallest absolute Gasteiger partial charge is 0.0622 e. The highest BCUT2D eigenvalue weighted by Gasteiger charge is 2.16. The van der Waals surface area contributed by atoms with E-state index in [9.17, 15) is 0 Å². The van der Waals surface area contributed by atoms with Gasteiger partial charge in [0.25, 0.3) is 0 Å². The summed E-state index contributed by atoms with van der Waals surface area (Å²) >= 11 is 3.68. The minimum absolute atomic E-state index is 0.0828. The normalized spacial score (nSPS) is 15.8. The molecule has 0 radical (unpaired) electrons. The lowest BCUT2D eigenvalue weighted by Gasteiger charge is -2.17. The van der Waals surface area contributed by atoms with E-state index >= 15 is 0 Å². The average molecular weight is 418 g/mol. The van der Waals surface area contributed by atoms with Gasteiger partial charge in [-0.25, -0.2) is 0 Å². The van der Waals surface area contributed by atoms with Gasteiger partial charge in [0.2, 0.25) is 0 Å². The monoisotopic (exact) mass is 417 g/mol. The lowest BCUT2D eigenvalue weighted by molar-refractivity contribution is 1.61. The molecule has 0 bridgehead atoms. The summed E-state index contributed by atoms with van der Waals surface area (Å²) in [6.07, 6.45) is 0. The molecule has 0 aliphatic carbocycles. The Morgan fingerprint density at radius 2 is 1.04 bits per heavy atom. The highest BCUT2D eigenvalue weighted by molar-refractivity contribution is 9.10. The van der Waals surface area contributed by atoms with Crippen molar-refractivity contribution >= 4 is 37.5 Å². The summed E-state index contributed by atoms with van der Waals surface area (Å²) in [5.74, 6) is 0. The molecule has 27 heavy (non-hydrogen) atoms. The molecule has 1 heteroatoms. The zero-order chi connectivity index (χ0) is 26.0. The molecular weight excluding hydrogens is 392 g/mol. The van der Waals surface area contributed by atoms with E-state index in [0.29, 0.717) is 16.3 Å². The van der Waals surface area contributed by atoms with Crippen LogP contribution in [0.25, 0.3) is 43.8 Å². The quantitative estimate of drug-likeness (QED) is 0.254. The molecule has 0 atom stereocenters. The number of halogens is 1. The first-order valence-electron chi connectivity index (χ1n) is 12.8. The van der Waals surface area contributed by atoms with Crippen LogP contribution in [0.4, 0.5) is 0 Å². The number of hydrogen-bond acceptors (Lipinski definition) is 0. The van der Waals surface area contributed by atoms with Gasteiger partial charge in [0.15, 0.2) is 0 Å². The van der Waals surface area contributed by atoms with Crippen LogP contribution in [0.5, 0.6) is 0 Å². The van der Waals surface area contributed by atoms with Crippen molar-refractivity contribution in [1.29, 1.82) is 0 Å². The predicted octanol–water partition coefficient (Wildman–Crippen LogP) is 8.09. The third kappa shape index (κ3) is 2.67. The number of hydrogen-bond donors (Lipinski definition) is 0. The molecule has 0 aliphatic rings. The average Bonchev–Trinajstić information content (AvgIpc) is 2.89. The fourth-order valence-electron chi connectivity index (χ4n) is 3.41. The third-order valence-electron chi connectivity index (χ3n) is 4.55. The van der Waals surface area contributed by atoms with Crippen molar-refractivity contribution in [3.05, 3.63) is 107 Å². The molecule has 0 amide bonds. The summed E-state index contributed by atoms with van der Waals surface area (Å²) in [6.45, 7) is 0. The van der Waals surface area contributed by atoms with Crippen LogP contribution in [-0.2, 0) is 0 Å². The van der Waals surface area contributed by atoms with Crippen LogP contribution in [0.2, 0.25) is 0 Å². The van der Waals surface area contributed by atoms with E-state index in [-0.39, 0.29) is 22.7 Å². The first-order chi connectivity index (χ1) is 17.1. The van der Waals surface area contributed by atoms with Crippen LogP contribution in [0.15, 0.2) is 107 Å². The summed E-state index contributed by atoms with van der Waals surface area (Å²) in [5, 5.41) is 3.01. The van der Waals surface area contributed by atoms with E-state index in [1.54, 1.807) is 0 Å². The van der Waals surface area contributed by atoms with Gasteiger partial charge in [0.05, 0.1) is 12.3 Å². The van der Waals surface area contributed by atoms with Crippen molar-refractivity contribution in [3.63, 3.8) is 0 Å². The standard InChI is InChI=1S/C26H17Br/c27-26-23-16-8-6-14-21(23)25(22-15-7-9-17-24(22)26)20-13-5-4-12-19(20)18-10-2-1-3-11-18/h1-17H/i1D,2D,3D,4D,5D,10D,11D,12D,13D. The van der Waals surface area contributed by atoms with E-state index in [2.05, 4.69) is 15.9 Å². The second kappa shape index (κ2) is 6.68. The van der Waals surface area contributed by atoms with Gasteiger partial charge < -0.3 is 0 Å². The van der Waals surface area contributed by atoms with Crippen LogP contribution in [-0.4, -0.2) is 0 Å². The molecular formula is C26H17Br. The maximum atomic E-state index is 8.90. The molecule has 0 saturated heterocycles. The Morgan fingerprint density at radius 3 is 1.63 bits per heavy atom.